The van der Waals surface area contributed by atoms with Gasteiger partial charge < -0.3 is 5.32 Å². The van der Waals surface area contributed by atoms with Crippen LogP contribution in [0.5, 0.6) is 0 Å². The van der Waals surface area contributed by atoms with E-state index in [1.807, 2.05) is 43.3 Å². The Morgan fingerprint density at radius 1 is 1.18 bits per heavy atom. The molecule has 1 N–H and O–H groups in total. The molecule has 0 aliphatic carbocycles. The van der Waals surface area contributed by atoms with Crippen LogP contribution in [0.4, 0.5) is 5.69 Å². The first-order chi connectivity index (χ1) is 10.6. The second-order valence-electron chi connectivity index (χ2n) is 5.31. The van der Waals surface area contributed by atoms with E-state index in [0.29, 0.717) is 10.6 Å². The second kappa shape index (κ2) is 4.74. The van der Waals surface area contributed by atoms with Crippen LogP contribution in [-0.4, -0.2) is 16.7 Å². The van der Waals surface area contributed by atoms with Gasteiger partial charge in [-0.2, -0.15) is 0 Å². The van der Waals surface area contributed by atoms with E-state index in [2.05, 4.69) is 10.3 Å². The van der Waals surface area contributed by atoms with Gasteiger partial charge in [0.05, 0.1) is 17.0 Å². The molecule has 1 amide bonds. The molecular formula is C17H12N2O2S. The molecule has 4 nitrogen and oxygen atoms in total. The number of carbonyl (C=O) groups excluding carboxylic acids is 2. The van der Waals surface area contributed by atoms with Crippen LogP contribution in [0, 0.1) is 6.92 Å². The molecule has 5 heteroatoms. The van der Waals surface area contributed by atoms with E-state index in [0.717, 1.165) is 27.0 Å². The number of pyridine rings is 1. The smallest absolute Gasteiger partial charge is 0.232 e. The third kappa shape index (κ3) is 1.94. The van der Waals surface area contributed by atoms with Crippen molar-refractivity contribution in [1.82, 2.24) is 4.98 Å². The first-order valence-electron chi connectivity index (χ1n) is 6.96. The minimum Gasteiger partial charge on any atom is -0.324 e. The van der Waals surface area contributed by atoms with Gasteiger partial charge in [0.2, 0.25) is 5.91 Å². The molecule has 0 atom stereocenters. The summed E-state index contributed by atoms with van der Waals surface area (Å²) < 4.78 is 0. The van der Waals surface area contributed by atoms with Crippen LogP contribution in [0.15, 0.2) is 36.4 Å². The number of aromatic nitrogens is 1. The Bertz CT molecular complexity index is 929. The Morgan fingerprint density at radius 3 is 2.73 bits per heavy atom. The summed E-state index contributed by atoms with van der Waals surface area (Å²) >= 11 is 1.36. The summed E-state index contributed by atoms with van der Waals surface area (Å²) in [6.07, 6.45) is -0.0839. The molecule has 0 bridgehead atoms. The molecule has 0 radical (unpaired) electrons. The molecule has 1 aromatic carbocycles. The van der Waals surface area contributed by atoms with Gasteiger partial charge in [0.25, 0.3) is 0 Å². The lowest BCUT2D eigenvalue weighted by molar-refractivity contribution is -0.115. The number of aryl methyl sites for hydroxylation is 1. The van der Waals surface area contributed by atoms with Gasteiger partial charge >= 0.3 is 0 Å². The molecule has 0 unspecified atom stereocenters. The molecule has 4 rings (SSSR count). The van der Waals surface area contributed by atoms with Crippen LogP contribution >= 0.6 is 11.3 Å². The van der Waals surface area contributed by atoms with Crippen molar-refractivity contribution in [2.24, 2.45) is 0 Å². The van der Waals surface area contributed by atoms with Gasteiger partial charge in [-0.25, -0.2) is 4.98 Å². The topological polar surface area (TPSA) is 59.1 Å². The maximum atomic E-state index is 12.1. The van der Waals surface area contributed by atoms with Gasteiger partial charge in [-0.15, -0.1) is 11.3 Å². The Hall–Kier alpha value is -2.53. The molecule has 2 aromatic heterocycles. The molecule has 1 aliphatic rings. The van der Waals surface area contributed by atoms with E-state index in [4.69, 9.17) is 0 Å². The molecule has 0 saturated heterocycles. The molecule has 0 spiro atoms. The number of anilines is 1. The normalized spacial score (nSPS) is 14.0. The number of ketones is 1. The summed E-state index contributed by atoms with van der Waals surface area (Å²) in [5.41, 5.74) is 3.55. The number of nitrogens with zero attached hydrogens (tertiary/aromatic N) is 1. The third-order valence-electron chi connectivity index (χ3n) is 3.71. The predicted molar refractivity (Wildman–Crippen MR) is 87.4 cm³/mol. The summed E-state index contributed by atoms with van der Waals surface area (Å²) in [7, 11) is 0. The van der Waals surface area contributed by atoms with Crippen LogP contribution < -0.4 is 5.32 Å². The maximum absolute atomic E-state index is 12.1. The third-order valence-corrected chi connectivity index (χ3v) is 4.84. The van der Waals surface area contributed by atoms with E-state index in [-0.39, 0.29) is 18.1 Å². The molecule has 0 fully saturated rings. The summed E-state index contributed by atoms with van der Waals surface area (Å²) in [6.45, 7) is 1.94. The van der Waals surface area contributed by atoms with Crippen molar-refractivity contribution < 1.29 is 9.59 Å². The van der Waals surface area contributed by atoms with Crippen LogP contribution in [0.25, 0.3) is 21.3 Å². The van der Waals surface area contributed by atoms with Crippen molar-refractivity contribution in [1.29, 1.82) is 0 Å². The highest BCUT2D eigenvalue weighted by molar-refractivity contribution is 7.21. The van der Waals surface area contributed by atoms with E-state index in [9.17, 15) is 9.59 Å². The molecule has 0 saturated carbocycles. The average Bonchev–Trinajstić information content (AvgIpc) is 2.86. The van der Waals surface area contributed by atoms with Gasteiger partial charge in [0.15, 0.2) is 5.78 Å². The highest BCUT2D eigenvalue weighted by atomic mass is 32.1. The molecule has 22 heavy (non-hydrogen) atoms. The largest absolute Gasteiger partial charge is 0.324 e. The maximum Gasteiger partial charge on any atom is 0.232 e. The van der Waals surface area contributed by atoms with Crippen molar-refractivity contribution in [2.75, 3.05) is 5.32 Å². The standard InChI is InChI=1S/C17H12N2O2S/c1-9-7-11(10-5-3-2-4-6-10)14-15-16(22-17(14)18-9)12(20)8-13(21)19-15/h2-7H,8H2,1H3,(H,19,21). The highest BCUT2D eigenvalue weighted by Gasteiger charge is 2.29. The number of hydrogen-bond donors (Lipinski definition) is 1. The number of hydrogen-bond acceptors (Lipinski definition) is 4. The quantitative estimate of drug-likeness (QED) is 0.696. The van der Waals surface area contributed by atoms with Crippen LogP contribution in [0.3, 0.4) is 0 Å². The SMILES string of the molecule is Cc1cc(-c2ccccc2)c2c3c(sc2n1)C(=O)CC(=O)N3. The number of thiophene rings is 1. The van der Waals surface area contributed by atoms with Crippen molar-refractivity contribution in [2.45, 2.75) is 13.3 Å². The number of Topliss-reactive ketones (excluding diaryl/α,β-unsaturated/α-hetero) is 1. The van der Waals surface area contributed by atoms with Gasteiger partial charge in [0.1, 0.15) is 4.83 Å². The number of nitrogens with one attached hydrogen (secondary N) is 1. The molecular weight excluding hydrogens is 296 g/mol. The summed E-state index contributed by atoms with van der Waals surface area (Å²) in [5, 5.41) is 3.71. The zero-order valence-electron chi connectivity index (χ0n) is 11.8. The van der Waals surface area contributed by atoms with Gasteiger partial charge in [-0.3, -0.25) is 9.59 Å². The monoisotopic (exact) mass is 308 g/mol. The minimum absolute atomic E-state index is 0.0839. The zero-order chi connectivity index (χ0) is 15.3. The van der Waals surface area contributed by atoms with E-state index >= 15 is 0 Å². The lowest BCUT2D eigenvalue weighted by Crippen LogP contribution is -2.22. The Morgan fingerprint density at radius 2 is 1.95 bits per heavy atom. The number of carbonyl (C=O) groups is 2. The van der Waals surface area contributed by atoms with Gasteiger partial charge in [-0.1, -0.05) is 30.3 Å². The first kappa shape index (κ1) is 13.2. The minimum atomic E-state index is -0.253. The van der Waals surface area contributed by atoms with E-state index in [1.54, 1.807) is 0 Å². The zero-order valence-corrected chi connectivity index (χ0v) is 12.7. The first-order valence-corrected chi connectivity index (χ1v) is 7.78. The fourth-order valence-electron chi connectivity index (χ4n) is 2.79. The number of rotatable bonds is 1. The fourth-order valence-corrected chi connectivity index (χ4v) is 3.93. The molecule has 3 heterocycles. The second-order valence-corrected chi connectivity index (χ2v) is 6.31. The van der Waals surface area contributed by atoms with E-state index in [1.165, 1.54) is 11.3 Å². The number of amides is 1. The van der Waals surface area contributed by atoms with E-state index < -0.39 is 0 Å². The van der Waals surface area contributed by atoms with Crippen LogP contribution in [-0.2, 0) is 4.79 Å². The Labute approximate surface area is 130 Å². The fraction of sp³-hybridized carbons (Fsp3) is 0.118. The summed E-state index contributed by atoms with van der Waals surface area (Å²) in [5.74, 6) is -0.379. The van der Waals surface area contributed by atoms with Crippen LogP contribution in [0.1, 0.15) is 21.8 Å². The lowest BCUT2D eigenvalue weighted by atomic mass is 10.00. The highest BCUT2D eigenvalue weighted by Crippen LogP contribution is 2.43. The van der Waals surface area contributed by atoms with Gasteiger partial charge in [0, 0.05) is 11.1 Å². The van der Waals surface area contributed by atoms with Crippen LogP contribution in [0.2, 0.25) is 0 Å². The van der Waals surface area contributed by atoms with Crippen molar-refractivity contribution in [3.63, 3.8) is 0 Å². The summed E-state index contributed by atoms with van der Waals surface area (Å²) in [6, 6.07) is 11.9. The Balaban J connectivity index is 2.09. The average molecular weight is 308 g/mol. The summed E-state index contributed by atoms with van der Waals surface area (Å²) in [4.78, 5) is 29.8. The Kier molecular flexibility index (Phi) is 2.84. The molecule has 3 aromatic rings. The van der Waals surface area contributed by atoms with Crippen molar-refractivity contribution in [3.05, 3.63) is 47.0 Å². The van der Waals surface area contributed by atoms with Crippen molar-refractivity contribution in [3.8, 4) is 11.1 Å². The predicted octanol–water partition coefficient (Wildman–Crippen LogP) is 3.80. The molecule has 1 aliphatic heterocycles. The number of fused-ring (bicyclic) bond motifs is 3. The number of benzene rings is 1. The van der Waals surface area contributed by atoms with Gasteiger partial charge in [-0.05, 0) is 24.1 Å². The molecule has 108 valence electrons. The lowest BCUT2D eigenvalue weighted by Gasteiger charge is -2.13. The van der Waals surface area contributed by atoms with Crippen molar-refractivity contribution >= 4 is 38.9 Å².